The number of aryl methyl sites for hydroxylation is 1. The van der Waals surface area contributed by atoms with Gasteiger partial charge in [0.25, 0.3) is 0 Å². The second kappa shape index (κ2) is 9.80. The maximum Gasteiger partial charge on any atom is 0.343 e. The van der Waals surface area contributed by atoms with E-state index < -0.39 is 5.97 Å². The number of hydrogen-bond acceptors (Lipinski definition) is 8. The molecule has 0 bridgehead atoms. The van der Waals surface area contributed by atoms with Crippen LogP contribution in [0.2, 0.25) is 0 Å². The average molecular weight is 476 g/mol. The molecule has 8 heteroatoms. The van der Waals surface area contributed by atoms with Crippen LogP contribution in [0.25, 0.3) is 6.08 Å². The van der Waals surface area contributed by atoms with Crippen molar-refractivity contribution in [2.24, 2.45) is 0 Å². The molecular formula is C27H24O8. The molecule has 1 aliphatic heterocycles. The van der Waals surface area contributed by atoms with Crippen LogP contribution in [-0.4, -0.2) is 40.2 Å². The predicted molar refractivity (Wildman–Crippen MR) is 128 cm³/mol. The SMILES string of the molecule is COc1cc(OC)cc(C(=O)Oc2cc(C)c3c(c2)O/C(=C\c2cccc(OC)c2OC)C3=O)c1. The zero-order chi connectivity index (χ0) is 25.1. The molecule has 35 heavy (non-hydrogen) atoms. The molecule has 180 valence electrons. The van der Waals surface area contributed by atoms with E-state index in [1.807, 2.05) is 0 Å². The standard InChI is InChI=1S/C27H24O8/c1-15-9-20(34-27(29)17-10-18(30-2)13-19(11-17)31-3)14-22-24(15)25(28)23(35-22)12-16-7-6-8-21(32-4)26(16)33-5/h6-14H,1-5H3/b23-12-. The quantitative estimate of drug-likeness (QED) is 0.271. The molecule has 0 saturated carbocycles. The number of carbonyl (C=O) groups excluding carboxylic acids is 2. The van der Waals surface area contributed by atoms with Gasteiger partial charge >= 0.3 is 5.97 Å². The zero-order valence-electron chi connectivity index (χ0n) is 20.0. The second-order valence-electron chi connectivity index (χ2n) is 7.63. The van der Waals surface area contributed by atoms with Gasteiger partial charge in [0, 0.05) is 17.7 Å². The first-order valence-electron chi connectivity index (χ1n) is 10.6. The molecule has 0 radical (unpaired) electrons. The fraction of sp³-hybridized carbons (Fsp3) is 0.185. The van der Waals surface area contributed by atoms with Gasteiger partial charge in [0.15, 0.2) is 17.3 Å². The van der Waals surface area contributed by atoms with E-state index in [0.717, 1.165) is 0 Å². The molecule has 4 rings (SSSR count). The third-order valence-electron chi connectivity index (χ3n) is 5.46. The van der Waals surface area contributed by atoms with E-state index in [4.69, 9.17) is 28.4 Å². The molecule has 0 aromatic heterocycles. The summed E-state index contributed by atoms with van der Waals surface area (Å²) in [7, 11) is 6.05. The smallest absolute Gasteiger partial charge is 0.343 e. The predicted octanol–water partition coefficient (Wildman–Crippen LogP) is 4.86. The number of Topliss-reactive ketones (excluding diaryl/α,β-unsaturated/α-hetero) is 1. The van der Waals surface area contributed by atoms with Crippen LogP contribution in [0.4, 0.5) is 0 Å². The third-order valence-corrected chi connectivity index (χ3v) is 5.46. The molecular weight excluding hydrogens is 452 g/mol. The van der Waals surface area contributed by atoms with E-state index in [1.165, 1.54) is 34.5 Å². The van der Waals surface area contributed by atoms with Gasteiger partial charge in [-0.05, 0) is 42.8 Å². The highest BCUT2D eigenvalue weighted by Gasteiger charge is 2.31. The van der Waals surface area contributed by atoms with Crippen molar-refractivity contribution in [3.8, 4) is 34.5 Å². The Morgan fingerprint density at radius 2 is 1.57 bits per heavy atom. The molecule has 1 heterocycles. The number of allylic oxidation sites excluding steroid dienone is 1. The van der Waals surface area contributed by atoms with Crippen molar-refractivity contribution in [3.05, 3.63) is 76.5 Å². The molecule has 0 atom stereocenters. The lowest BCUT2D eigenvalue weighted by molar-refractivity contribution is 0.0733. The van der Waals surface area contributed by atoms with Gasteiger partial charge in [0.05, 0.1) is 39.6 Å². The minimum absolute atomic E-state index is 0.121. The van der Waals surface area contributed by atoms with Crippen molar-refractivity contribution in [1.82, 2.24) is 0 Å². The summed E-state index contributed by atoms with van der Waals surface area (Å²) < 4.78 is 32.6. The Balaban J connectivity index is 1.63. The molecule has 1 aliphatic rings. The van der Waals surface area contributed by atoms with E-state index in [-0.39, 0.29) is 22.9 Å². The van der Waals surface area contributed by atoms with Crippen molar-refractivity contribution >= 4 is 17.8 Å². The number of fused-ring (bicyclic) bond motifs is 1. The number of hydrogen-bond donors (Lipinski definition) is 0. The van der Waals surface area contributed by atoms with E-state index in [1.54, 1.807) is 55.5 Å². The minimum Gasteiger partial charge on any atom is -0.497 e. The lowest BCUT2D eigenvalue weighted by atomic mass is 10.0. The topological polar surface area (TPSA) is 89.5 Å². The van der Waals surface area contributed by atoms with Gasteiger partial charge in [-0.2, -0.15) is 0 Å². The Bertz CT molecular complexity index is 1320. The fourth-order valence-corrected chi connectivity index (χ4v) is 3.79. The van der Waals surface area contributed by atoms with E-state index in [9.17, 15) is 9.59 Å². The lowest BCUT2D eigenvalue weighted by Crippen LogP contribution is -2.09. The number of rotatable bonds is 7. The van der Waals surface area contributed by atoms with Crippen molar-refractivity contribution in [3.63, 3.8) is 0 Å². The molecule has 0 fully saturated rings. The first-order valence-corrected chi connectivity index (χ1v) is 10.6. The summed E-state index contributed by atoms with van der Waals surface area (Å²) in [4.78, 5) is 25.9. The number of methoxy groups -OCH3 is 4. The molecule has 0 N–H and O–H groups in total. The van der Waals surface area contributed by atoms with Crippen LogP contribution in [0.3, 0.4) is 0 Å². The van der Waals surface area contributed by atoms with Gasteiger partial charge in [-0.1, -0.05) is 12.1 Å². The van der Waals surface area contributed by atoms with Crippen molar-refractivity contribution < 1.29 is 38.0 Å². The van der Waals surface area contributed by atoms with Crippen LogP contribution in [0.5, 0.6) is 34.5 Å². The Kier molecular flexibility index (Phi) is 6.64. The summed E-state index contributed by atoms with van der Waals surface area (Å²) in [5.41, 5.74) is 1.89. The second-order valence-corrected chi connectivity index (χ2v) is 7.63. The van der Waals surface area contributed by atoms with Crippen LogP contribution in [0.1, 0.15) is 31.8 Å². The highest BCUT2D eigenvalue weighted by molar-refractivity contribution is 6.15. The van der Waals surface area contributed by atoms with Crippen LogP contribution in [0, 0.1) is 6.92 Å². The minimum atomic E-state index is -0.609. The van der Waals surface area contributed by atoms with Crippen LogP contribution < -0.4 is 28.4 Å². The summed E-state index contributed by atoms with van der Waals surface area (Å²) in [5, 5.41) is 0. The van der Waals surface area contributed by atoms with E-state index in [0.29, 0.717) is 45.4 Å². The number of esters is 1. The molecule has 3 aromatic carbocycles. The van der Waals surface area contributed by atoms with Crippen molar-refractivity contribution in [2.75, 3.05) is 28.4 Å². The molecule has 0 amide bonds. The molecule has 0 saturated heterocycles. The van der Waals surface area contributed by atoms with E-state index >= 15 is 0 Å². The molecule has 0 aliphatic carbocycles. The van der Waals surface area contributed by atoms with Crippen molar-refractivity contribution in [1.29, 1.82) is 0 Å². The normalized spacial score (nSPS) is 13.2. The fourth-order valence-electron chi connectivity index (χ4n) is 3.79. The summed E-state index contributed by atoms with van der Waals surface area (Å²) in [5.74, 6) is 1.70. The highest BCUT2D eigenvalue weighted by Crippen LogP contribution is 2.39. The molecule has 0 spiro atoms. The van der Waals surface area contributed by atoms with Gasteiger partial charge in [0.1, 0.15) is 23.0 Å². The number of benzene rings is 3. The summed E-state index contributed by atoms with van der Waals surface area (Å²) in [6, 6.07) is 13.2. The summed E-state index contributed by atoms with van der Waals surface area (Å²) in [6.45, 7) is 1.75. The first kappa shape index (κ1) is 23.7. The largest absolute Gasteiger partial charge is 0.497 e. The Morgan fingerprint density at radius 1 is 0.857 bits per heavy atom. The van der Waals surface area contributed by atoms with Crippen LogP contribution in [-0.2, 0) is 0 Å². The monoisotopic (exact) mass is 476 g/mol. The van der Waals surface area contributed by atoms with Gasteiger partial charge in [-0.3, -0.25) is 4.79 Å². The molecule has 3 aromatic rings. The number of carbonyl (C=O) groups is 2. The summed E-state index contributed by atoms with van der Waals surface area (Å²) in [6.07, 6.45) is 1.59. The number of para-hydroxylation sites is 1. The van der Waals surface area contributed by atoms with Gasteiger partial charge in [-0.15, -0.1) is 0 Å². The number of ketones is 1. The van der Waals surface area contributed by atoms with Gasteiger partial charge in [-0.25, -0.2) is 4.79 Å². The number of ether oxygens (including phenoxy) is 6. The van der Waals surface area contributed by atoms with E-state index in [2.05, 4.69) is 0 Å². The lowest BCUT2D eigenvalue weighted by Gasteiger charge is -2.10. The van der Waals surface area contributed by atoms with Gasteiger partial charge < -0.3 is 28.4 Å². The maximum absolute atomic E-state index is 13.1. The van der Waals surface area contributed by atoms with Crippen molar-refractivity contribution in [2.45, 2.75) is 6.92 Å². The van der Waals surface area contributed by atoms with Crippen LogP contribution in [0.15, 0.2) is 54.3 Å². The first-order chi connectivity index (χ1) is 16.9. The maximum atomic E-state index is 13.1. The Morgan fingerprint density at radius 3 is 2.20 bits per heavy atom. The average Bonchev–Trinajstić information content (AvgIpc) is 3.18. The zero-order valence-corrected chi connectivity index (χ0v) is 20.0. The molecule has 8 nitrogen and oxygen atoms in total. The highest BCUT2D eigenvalue weighted by atomic mass is 16.5. The van der Waals surface area contributed by atoms with Gasteiger partial charge in [0.2, 0.25) is 5.78 Å². The third kappa shape index (κ3) is 4.63. The summed E-state index contributed by atoms with van der Waals surface area (Å²) >= 11 is 0. The van der Waals surface area contributed by atoms with Crippen LogP contribution >= 0.6 is 0 Å². The Hall–Kier alpha value is -4.46. The Labute approximate surface area is 202 Å². The molecule has 0 unspecified atom stereocenters.